The molecule has 0 spiro atoms. The minimum Gasteiger partial charge on any atom is -0.495 e. The lowest BCUT2D eigenvalue weighted by Gasteiger charge is -2.35. The fraction of sp³-hybridized carbons (Fsp3) is 0.400. The Labute approximate surface area is 195 Å². The van der Waals surface area contributed by atoms with Gasteiger partial charge in [0.05, 0.1) is 18.8 Å². The molecule has 2 aromatic carbocycles. The van der Waals surface area contributed by atoms with Crippen LogP contribution in [0.4, 0.5) is 5.69 Å². The van der Waals surface area contributed by atoms with E-state index in [1.807, 2.05) is 59.3 Å². The van der Waals surface area contributed by atoms with Gasteiger partial charge in [-0.2, -0.15) is 9.40 Å². The molecule has 7 nitrogen and oxygen atoms in total. The molecule has 0 atom stereocenters. The molecule has 1 aliphatic carbocycles. The second kappa shape index (κ2) is 9.19. The summed E-state index contributed by atoms with van der Waals surface area (Å²) in [4.78, 5) is 2.50. The topological polar surface area (TPSA) is 67.7 Å². The number of piperazine rings is 1. The van der Waals surface area contributed by atoms with Gasteiger partial charge in [-0.05, 0) is 25.0 Å². The summed E-state index contributed by atoms with van der Waals surface area (Å²) in [6.07, 6.45) is 6.19. The van der Waals surface area contributed by atoms with Crippen molar-refractivity contribution in [1.29, 1.82) is 0 Å². The van der Waals surface area contributed by atoms with Crippen molar-refractivity contribution in [2.24, 2.45) is 0 Å². The average Bonchev–Trinajstić information content (AvgIpc) is 3.55. The fourth-order valence-corrected chi connectivity index (χ4v) is 6.48. The third-order valence-corrected chi connectivity index (χ3v) is 8.63. The molecule has 0 unspecified atom stereocenters. The van der Waals surface area contributed by atoms with Crippen LogP contribution in [-0.4, -0.2) is 55.8 Å². The van der Waals surface area contributed by atoms with Crippen molar-refractivity contribution in [3.63, 3.8) is 0 Å². The number of hydrogen-bond donors (Lipinski definition) is 0. The van der Waals surface area contributed by atoms with Crippen molar-refractivity contribution in [3.05, 3.63) is 60.8 Å². The Balaban J connectivity index is 1.43. The van der Waals surface area contributed by atoms with Crippen LogP contribution in [-0.2, 0) is 10.0 Å². The summed E-state index contributed by atoms with van der Waals surface area (Å²) in [6.45, 7) is 2.06. The van der Waals surface area contributed by atoms with Crippen molar-refractivity contribution in [3.8, 4) is 17.0 Å². The van der Waals surface area contributed by atoms with Crippen LogP contribution in [0, 0.1) is 0 Å². The Morgan fingerprint density at radius 1 is 0.909 bits per heavy atom. The molecular weight excluding hydrogens is 436 g/mol. The Hall–Kier alpha value is -2.84. The number of methoxy groups -OCH3 is 1. The third kappa shape index (κ3) is 4.25. The van der Waals surface area contributed by atoms with E-state index in [0.29, 0.717) is 36.8 Å². The highest BCUT2D eigenvalue weighted by atomic mass is 32.2. The van der Waals surface area contributed by atoms with Gasteiger partial charge < -0.3 is 9.64 Å². The van der Waals surface area contributed by atoms with Crippen LogP contribution in [0.15, 0.2) is 65.7 Å². The first-order valence-electron chi connectivity index (χ1n) is 11.6. The van der Waals surface area contributed by atoms with Gasteiger partial charge in [0, 0.05) is 37.9 Å². The number of aromatic nitrogens is 2. The molecule has 0 bridgehead atoms. The van der Waals surface area contributed by atoms with Crippen molar-refractivity contribution in [2.45, 2.75) is 36.6 Å². The van der Waals surface area contributed by atoms with E-state index in [1.54, 1.807) is 17.6 Å². The first-order chi connectivity index (χ1) is 16.1. The molecular formula is C25H30N4O3S. The van der Waals surface area contributed by atoms with Crippen LogP contribution >= 0.6 is 0 Å². The molecule has 1 saturated heterocycles. The van der Waals surface area contributed by atoms with E-state index >= 15 is 0 Å². The lowest BCUT2D eigenvalue weighted by Crippen LogP contribution is -2.48. The Kier molecular flexibility index (Phi) is 6.12. The van der Waals surface area contributed by atoms with Gasteiger partial charge in [-0.15, -0.1) is 0 Å². The van der Waals surface area contributed by atoms with Gasteiger partial charge in [0.1, 0.15) is 16.3 Å². The summed E-state index contributed by atoms with van der Waals surface area (Å²) >= 11 is 0. The van der Waals surface area contributed by atoms with Gasteiger partial charge in [-0.25, -0.2) is 8.42 Å². The third-order valence-electron chi connectivity index (χ3n) is 6.73. The minimum absolute atomic E-state index is 0.277. The highest BCUT2D eigenvalue weighted by Crippen LogP contribution is 2.35. The van der Waals surface area contributed by atoms with Gasteiger partial charge in [-0.1, -0.05) is 55.3 Å². The number of nitrogens with zero attached hydrogens (tertiary/aromatic N) is 4. The largest absolute Gasteiger partial charge is 0.495 e. The number of benzene rings is 2. The molecule has 2 heterocycles. The number of rotatable bonds is 6. The first-order valence-corrected chi connectivity index (χ1v) is 13.0. The van der Waals surface area contributed by atoms with Crippen molar-refractivity contribution in [2.75, 3.05) is 38.2 Å². The van der Waals surface area contributed by atoms with Crippen molar-refractivity contribution < 1.29 is 13.2 Å². The molecule has 1 aromatic heterocycles. The zero-order valence-electron chi connectivity index (χ0n) is 18.9. The van der Waals surface area contributed by atoms with E-state index in [4.69, 9.17) is 9.84 Å². The zero-order chi connectivity index (χ0) is 22.8. The zero-order valence-corrected chi connectivity index (χ0v) is 19.7. The normalized spacial score (nSPS) is 18.0. The molecule has 0 N–H and O–H groups in total. The second-order valence-corrected chi connectivity index (χ2v) is 10.6. The van der Waals surface area contributed by atoms with Crippen LogP contribution in [0.25, 0.3) is 11.3 Å². The highest BCUT2D eigenvalue weighted by Gasteiger charge is 2.34. The number of para-hydroxylation sites is 2. The van der Waals surface area contributed by atoms with Crippen LogP contribution in [0.5, 0.6) is 5.75 Å². The molecule has 1 aliphatic heterocycles. The lowest BCUT2D eigenvalue weighted by atomic mass is 10.2. The van der Waals surface area contributed by atoms with Crippen LogP contribution < -0.4 is 9.64 Å². The molecule has 33 heavy (non-hydrogen) atoms. The Morgan fingerprint density at radius 2 is 1.58 bits per heavy atom. The van der Waals surface area contributed by atoms with Gasteiger partial charge in [0.15, 0.2) is 0 Å². The molecule has 3 aromatic rings. The molecule has 5 rings (SSSR count). The van der Waals surface area contributed by atoms with E-state index in [2.05, 4.69) is 4.90 Å². The predicted octanol–water partition coefficient (Wildman–Crippen LogP) is 4.18. The molecule has 1 saturated carbocycles. The number of sulfonamides is 1. The molecule has 0 amide bonds. The van der Waals surface area contributed by atoms with E-state index in [9.17, 15) is 8.42 Å². The quantitative estimate of drug-likeness (QED) is 0.545. The van der Waals surface area contributed by atoms with E-state index < -0.39 is 10.0 Å². The predicted molar refractivity (Wildman–Crippen MR) is 129 cm³/mol. The fourth-order valence-electron chi connectivity index (χ4n) is 4.92. The van der Waals surface area contributed by atoms with Gasteiger partial charge in [0.2, 0.25) is 10.0 Å². The van der Waals surface area contributed by atoms with Gasteiger partial charge in [-0.3, -0.25) is 4.68 Å². The smallest absolute Gasteiger partial charge is 0.246 e. The second-order valence-electron chi connectivity index (χ2n) is 8.69. The SMILES string of the molecule is COc1ccccc1N1CCN(S(=O)(=O)c2cn(C3CCCC3)nc2-c2ccccc2)CC1. The average molecular weight is 467 g/mol. The van der Waals surface area contributed by atoms with Crippen LogP contribution in [0.1, 0.15) is 31.7 Å². The molecule has 0 radical (unpaired) electrons. The first kappa shape index (κ1) is 22.0. The summed E-state index contributed by atoms with van der Waals surface area (Å²) in [7, 11) is -2.02. The summed E-state index contributed by atoms with van der Waals surface area (Å²) in [5.41, 5.74) is 2.38. The molecule has 174 valence electrons. The number of ether oxygens (including phenoxy) is 1. The number of hydrogen-bond acceptors (Lipinski definition) is 5. The van der Waals surface area contributed by atoms with Crippen LogP contribution in [0.2, 0.25) is 0 Å². The van der Waals surface area contributed by atoms with E-state index in [-0.39, 0.29) is 6.04 Å². The highest BCUT2D eigenvalue weighted by molar-refractivity contribution is 7.89. The summed E-state index contributed by atoms with van der Waals surface area (Å²) in [6, 6.07) is 17.8. The Bertz CT molecular complexity index is 1200. The monoisotopic (exact) mass is 466 g/mol. The Morgan fingerprint density at radius 3 is 2.27 bits per heavy atom. The van der Waals surface area contributed by atoms with E-state index in [1.165, 1.54) is 0 Å². The molecule has 2 aliphatic rings. The van der Waals surface area contributed by atoms with Crippen molar-refractivity contribution in [1.82, 2.24) is 14.1 Å². The molecule has 8 heteroatoms. The van der Waals surface area contributed by atoms with Gasteiger partial charge in [0.25, 0.3) is 0 Å². The molecule has 2 fully saturated rings. The van der Waals surface area contributed by atoms with E-state index in [0.717, 1.165) is 42.7 Å². The number of anilines is 1. The summed E-state index contributed by atoms with van der Waals surface area (Å²) < 4.78 is 36.6. The maximum absolute atomic E-state index is 13.8. The maximum atomic E-state index is 13.8. The summed E-state index contributed by atoms with van der Waals surface area (Å²) in [5, 5.41) is 4.79. The summed E-state index contributed by atoms with van der Waals surface area (Å²) in [5.74, 6) is 0.804. The van der Waals surface area contributed by atoms with Crippen molar-refractivity contribution >= 4 is 15.7 Å². The van der Waals surface area contributed by atoms with Gasteiger partial charge >= 0.3 is 0 Å². The minimum atomic E-state index is -3.68. The standard InChI is InChI=1S/C25H30N4O3S/c1-32-23-14-8-7-13-22(23)27-15-17-28(18-16-27)33(30,31)24-19-29(21-11-5-6-12-21)26-25(24)20-9-3-2-4-10-20/h2-4,7-10,13-14,19,21H,5-6,11-12,15-18H2,1H3. The maximum Gasteiger partial charge on any atom is 0.246 e. The lowest BCUT2D eigenvalue weighted by molar-refractivity contribution is 0.378. The van der Waals surface area contributed by atoms with Crippen LogP contribution in [0.3, 0.4) is 0 Å².